The van der Waals surface area contributed by atoms with Crippen molar-refractivity contribution < 1.29 is 18.9 Å². The van der Waals surface area contributed by atoms with E-state index in [0.29, 0.717) is 26.4 Å². The molecule has 0 amide bonds. The van der Waals surface area contributed by atoms with Crippen molar-refractivity contribution in [3.8, 4) is 0 Å². The zero-order valence-corrected chi connectivity index (χ0v) is 14.3. The summed E-state index contributed by atoms with van der Waals surface area (Å²) in [6, 6.07) is 0. The van der Waals surface area contributed by atoms with Crippen molar-refractivity contribution in [2.45, 2.75) is 65.0 Å². The Morgan fingerprint density at radius 3 is 1.36 bits per heavy atom. The Labute approximate surface area is 133 Å². The molecule has 2 heterocycles. The van der Waals surface area contributed by atoms with E-state index >= 15 is 0 Å². The minimum atomic E-state index is -0.423. The minimum absolute atomic E-state index is 0.423. The first kappa shape index (κ1) is 17.5. The second-order valence-electron chi connectivity index (χ2n) is 6.47. The average Bonchev–Trinajstić information content (AvgIpc) is 3.11. The Kier molecular flexibility index (Phi) is 6.05. The number of hydrogen-bond acceptors (Lipinski definition) is 4. The smallest absolute Gasteiger partial charge is 0.166 e. The van der Waals surface area contributed by atoms with Gasteiger partial charge in [0.25, 0.3) is 0 Å². The molecule has 124 valence electrons. The van der Waals surface area contributed by atoms with E-state index < -0.39 is 11.6 Å². The van der Waals surface area contributed by atoms with Gasteiger partial charge in [0.15, 0.2) is 11.6 Å². The summed E-state index contributed by atoms with van der Waals surface area (Å²) in [6.45, 7) is 10.9. The molecule has 0 radical (unpaired) electrons. The van der Waals surface area contributed by atoms with Crippen LogP contribution in [0.5, 0.6) is 0 Å². The molecule has 0 aromatic heterocycles. The van der Waals surface area contributed by atoms with E-state index in [1.807, 2.05) is 13.8 Å². The van der Waals surface area contributed by atoms with E-state index in [0.717, 1.165) is 25.7 Å². The highest BCUT2D eigenvalue weighted by Gasteiger charge is 2.31. The van der Waals surface area contributed by atoms with Crippen molar-refractivity contribution in [1.29, 1.82) is 0 Å². The number of ether oxygens (including phenoxy) is 4. The Balaban J connectivity index is 1.83. The molecule has 4 heteroatoms. The molecule has 4 nitrogen and oxygen atoms in total. The van der Waals surface area contributed by atoms with E-state index in [1.165, 1.54) is 11.1 Å². The van der Waals surface area contributed by atoms with Crippen LogP contribution < -0.4 is 0 Å². The molecular formula is C18H28O4. The van der Waals surface area contributed by atoms with Gasteiger partial charge in [0.1, 0.15) is 0 Å². The van der Waals surface area contributed by atoms with Crippen molar-refractivity contribution in [3.63, 3.8) is 0 Å². The highest BCUT2D eigenvalue weighted by Crippen LogP contribution is 2.26. The summed E-state index contributed by atoms with van der Waals surface area (Å²) in [4.78, 5) is 0. The minimum Gasteiger partial charge on any atom is -0.348 e. The third-order valence-corrected chi connectivity index (χ3v) is 4.19. The van der Waals surface area contributed by atoms with Gasteiger partial charge in [-0.25, -0.2) is 0 Å². The molecule has 0 unspecified atom stereocenters. The van der Waals surface area contributed by atoms with E-state index in [4.69, 9.17) is 18.9 Å². The van der Waals surface area contributed by atoms with Crippen LogP contribution in [0, 0.1) is 0 Å². The number of allylic oxidation sites excluding steroid dienone is 2. The second-order valence-corrected chi connectivity index (χ2v) is 6.47. The lowest BCUT2D eigenvalue weighted by Crippen LogP contribution is -2.25. The summed E-state index contributed by atoms with van der Waals surface area (Å²) in [6.07, 6.45) is 3.51. The molecule has 2 aliphatic heterocycles. The van der Waals surface area contributed by atoms with Crippen LogP contribution in [0.3, 0.4) is 0 Å². The maximum absolute atomic E-state index is 5.61. The molecule has 22 heavy (non-hydrogen) atoms. The average molecular weight is 308 g/mol. The number of rotatable bonds is 6. The fraction of sp³-hybridized carbons (Fsp3) is 0.778. The highest BCUT2D eigenvalue weighted by molar-refractivity contribution is 5.04. The standard InChI is InChI=1S/C18H28O4/c1-15(7-9-17(3)19-11-12-20-17)5-6-16(2)8-10-18(4)21-13-14-22-18/h7-14H2,1-4H3. The predicted octanol–water partition coefficient (Wildman–Crippen LogP) is 3.72. The van der Waals surface area contributed by atoms with E-state index in [9.17, 15) is 0 Å². The lowest BCUT2D eigenvalue weighted by atomic mass is 10.1. The molecule has 0 N–H and O–H groups in total. The van der Waals surface area contributed by atoms with Crippen LogP contribution in [0.25, 0.3) is 0 Å². The normalized spacial score (nSPS) is 22.2. The zero-order valence-electron chi connectivity index (χ0n) is 14.3. The number of hydrogen-bond donors (Lipinski definition) is 0. The summed E-state index contributed by atoms with van der Waals surface area (Å²) in [5.74, 6) is -0.846. The maximum Gasteiger partial charge on any atom is 0.166 e. The molecule has 0 atom stereocenters. The van der Waals surface area contributed by atoms with Crippen LogP contribution in [0.4, 0.5) is 0 Å². The van der Waals surface area contributed by atoms with Crippen LogP contribution in [-0.4, -0.2) is 38.0 Å². The van der Waals surface area contributed by atoms with Crippen LogP contribution >= 0.6 is 0 Å². The first-order valence-corrected chi connectivity index (χ1v) is 8.14. The van der Waals surface area contributed by atoms with Crippen LogP contribution in [0.2, 0.25) is 0 Å². The molecule has 2 rings (SSSR count). The highest BCUT2D eigenvalue weighted by atomic mass is 16.7. The molecule has 0 bridgehead atoms. The SMILES string of the molecule is CC(=C=C=C(C)CCC1(C)OCCO1)CCC1(C)OCCO1. The van der Waals surface area contributed by atoms with Crippen LogP contribution in [0.1, 0.15) is 53.4 Å². The van der Waals surface area contributed by atoms with Gasteiger partial charge in [-0.05, 0) is 51.7 Å². The molecule has 2 saturated heterocycles. The molecule has 0 aromatic carbocycles. The Morgan fingerprint density at radius 1 is 0.727 bits per heavy atom. The van der Waals surface area contributed by atoms with Gasteiger partial charge in [0.05, 0.1) is 26.4 Å². The van der Waals surface area contributed by atoms with Crippen molar-refractivity contribution >= 4 is 0 Å². The molecule has 0 spiro atoms. The van der Waals surface area contributed by atoms with Crippen molar-refractivity contribution in [2.75, 3.05) is 26.4 Å². The topological polar surface area (TPSA) is 36.9 Å². The van der Waals surface area contributed by atoms with Gasteiger partial charge in [-0.1, -0.05) is 11.5 Å². The first-order chi connectivity index (χ1) is 10.4. The fourth-order valence-corrected chi connectivity index (χ4v) is 2.57. The van der Waals surface area contributed by atoms with Gasteiger partial charge < -0.3 is 18.9 Å². The third-order valence-electron chi connectivity index (χ3n) is 4.19. The summed E-state index contributed by atoms with van der Waals surface area (Å²) in [7, 11) is 0. The first-order valence-electron chi connectivity index (χ1n) is 8.14. The molecule has 0 saturated carbocycles. The largest absolute Gasteiger partial charge is 0.348 e. The van der Waals surface area contributed by atoms with Gasteiger partial charge in [-0.15, -0.1) is 0 Å². The molecule has 2 fully saturated rings. The van der Waals surface area contributed by atoms with Gasteiger partial charge in [0, 0.05) is 12.8 Å². The van der Waals surface area contributed by atoms with Gasteiger partial charge in [-0.3, -0.25) is 0 Å². The van der Waals surface area contributed by atoms with Crippen molar-refractivity contribution in [2.24, 2.45) is 0 Å². The summed E-state index contributed by atoms with van der Waals surface area (Å²) in [5, 5.41) is 0. The maximum atomic E-state index is 5.61. The third kappa shape index (κ3) is 5.40. The predicted molar refractivity (Wildman–Crippen MR) is 84.5 cm³/mol. The molecule has 0 aliphatic carbocycles. The van der Waals surface area contributed by atoms with E-state index in [-0.39, 0.29) is 0 Å². The summed E-state index contributed by atoms with van der Waals surface area (Å²) < 4.78 is 22.4. The van der Waals surface area contributed by atoms with Gasteiger partial charge in [-0.2, -0.15) is 0 Å². The monoisotopic (exact) mass is 308 g/mol. The quantitative estimate of drug-likeness (QED) is 0.701. The molecular weight excluding hydrogens is 280 g/mol. The Hall–Kier alpha value is -0.860. The lowest BCUT2D eigenvalue weighted by molar-refractivity contribution is -0.146. The second kappa shape index (κ2) is 7.61. The Morgan fingerprint density at radius 2 is 1.05 bits per heavy atom. The van der Waals surface area contributed by atoms with E-state index in [2.05, 4.69) is 25.3 Å². The van der Waals surface area contributed by atoms with Crippen molar-refractivity contribution in [1.82, 2.24) is 0 Å². The van der Waals surface area contributed by atoms with Gasteiger partial charge in [0.2, 0.25) is 0 Å². The molecule has 0 aromatic rings. The Bertz CT molecular complexity index is 425. The zero-order chi connectivity index (χ0) is 16.1. The lowest BCUT2D eigenvalue weighted by Gasteiger charge is -2.21. The van der Waals surface area contributed by atoms with Gasteiger partial charge >= 0.3 is 0 Å². The van der Waals surface area contributed by atoms with Crippen LogP contribution in [0.15, 0.2) is 22.6 Å². The van der Waals surface area contributed by atoms with Crippen LogP contribution in [-0.2, 0) is 18.9 Å². The fourth-order valence-electron chi connectivity index (χ4n) is 2.57. The molecule has 2 aliphatic rings. The van der Waals surface area contributed by atoms with E-state index in [1.54, 1.807) is 0 Å². The summed E-state index contributed by atoms with van der Waals surface area (Å²) in [5.41, 5.74) is 8.83. The summed E-state index contributed by atoms with van der Waals surface area (Å²) >= 11 is 0. The van der Waals surface area contributed by atoms with Crippen molar-refractivity contribution in [3.05, 3.63) is 22.6 Å².